The third-order valence-electron chi connectivity index (χ3n) is 1.05. The second-order valence-electron chi connectivity index (χ2n) is 1.75. The molecule has 0 amide bonds. The van der Waals surface area contributed by atoms with Crippen molar-refractivity contribution in [3.63, 3.8) is 0 Å². The molecule has 3 heteroatoms. The van der Waals surface area contributed by atoms with Crippen LogP contribution in [-0.2, 0) is 6.42 Å². The van der Waals surface area contributed by atoms with Gasteiger partial charge in [0.2, 0.25) is 0 Å². The van der Waals surface area contributed by atoms with Crippen molar-refractivity contribution >= 4 is 0 Å². The van der Waals surface area contributed by atoms with Gasteiger partial charge in [-0.25, -0.2) is 0 Å². The van der Waals surface area contributed by atoms with E-state index in [1.807, 2.05) is 18.2 Å². The molecule has 0 aliphatic heterocycles. The lowest BCUT2D eigenvalue weighted by atomic mass is 10.3. The highest BCUT2D eigenvalue weighted by Crippen LogP contribution is 1.92. The molecule has 0 N–H and O–H groups in total. The first kappa shape index (κ1) is 6.56. The summed E-state index contributed by atoms with van der Waals surface area (Å²) in [6, 6.07) is 7.76. The van der Waals surface area contributed by atoms with Crippen molar-refractivity contribution in [3.8, 4) is 6.07 Å². The molecule has 0 unspecified atom stereocenters. The van der Waals surface area contributed by atoms with E-state index in [0.29, 0.717) is 6.42 Å². The Labute approximate surface area is 58.7 Å². The molecule has 0 atom stereocenters. The Kier molecular flexibility index (Phi) is 2.27. The van der Waals surface area contributed by atoms with Crippen LogP contribution in [0.15, 0.2) is 24.4 Å². The molecule has 0 saturated carbocycles. The number of nitrogens with zero attached hydrogens (tertiary/aromatic N) is 2. The molecule has 0 fully saturated rings. The highest BCUT2D eigenvalue weighted by Gasteiger charge is 1.91. The maximum Gasteiger partial charge on any atom is 0.304 e. The summed E-state index contributed by atoms with van der Waals surface area (Å²) in [4.78, 5) is 3.95. The molecule has 1 aromatic heterocycles. The van der Waals surface area contributed by atoms with E-state index in [9.17, 15) is 5.21 Å². The largest absolute Gasteiger partial charge is 0.498 e. The first-order valence-corrected chi connectivity index (χ1v) is 2.88. The molecule has 1 rings (SSSR count). The number of aromatic nitrogens is 1. The van der Waals surface area contributed by atoms with Gasteiger partial charge in [-0.05, 0) is 12.1 Å². The number of rotatable bonds is 1. The molecular weight excluding hydrogens is 128 g/mol. The van der Waals surface area contributed by atoms with Gasteiger partial charge in [-0.1, -0.05) is 6.07 Å². The molecule has 0 aromatic carbocycles. The summed E-state index contributed by atoms with van der Waals surface area (Å²) in [6.45, 7) is 0. The van der Waals surface area contributed by atoms with Crippen molar-refractivity contribution in [1.29, 1.82) is 0 Å². The van der Waals surface area contributed by atoms with Gasteiger partial charge in [-0.3, -0.25) is 4.98 Å². The second kappa shape index (κ2) is 3.46. The second-order valence-corrected chi connectivity index (χ2v) is 1.75. The normalized spacial score (nSPS) is 8.00. The van der Waals surface area contributed by atoms with Gasteiger partial charge >= 0.3 is 6.07 Å². The fourth-order valence-electron chi connectivity index (χ4n) is 0.616. The first-order chi connectivity index (χ1) is 4.93. The Hall–Kier alpha value is -1.56. The fourth-order valence-corrected chi connectivity index (χ4v) is 0.616. The smallest absolute Gasteiger partial charge is 0.304 e. The van der Waals surface area contributed by atoms with Gasteiger partial charge in [-0.2, -0.15) is 0 Å². The van der Waals surface area contributed by atoms with Crippen molar-refractivity contribution < 1.29 is 0 Å². The van der Waals surface area contributed by atoms with Gasteiger partial charge in [-0.15, -0.1) is 0 Å². The van der Waals surface area contributed by atoms with Crippen LogP contribution < -0.4 is 0 Å². The summed E-state index contributed by atoms with van der Waals surface area (Å²) in [5, 5.41) is 12.1. The van der Waals surface area contributed by atoms with Gasteiger partial charge in [0.05, 0.1) is 5.69 Å². The van der Waals surface area contributed by atoms with Gasteiger partial charge in [0.15, 0.2) is 0 Å². The minimum absolute atomic E-state index is 0.393. The minimum Gasteiger partial charge on any atom is -0.498 e. The van der Waals surface area contributed by atoms with Crippen LogP contribution >= 0.6 is 0 Å². The zero-order valence-electron chi connectivity index (χ0n) is 5.32. The average molecular weight is 134 g/mol. The molecular formula is C7H6N2O. The third-order valence-corrected chi connectivity index (χ3v) is 1.05. The van der Waals surface area contributed by atoms with Crippen molar-refractivity contribution in [3.05, 3.63) is 40.3 Å². The Morgan fingerprint density at radius 3 is 3.10 bits per heavy atom. The van der Waals surface area contributed by atoms with E-state index in [-0.39, 0.29) is 0 Å². The molecule has 0 bridgehead atoms. The highest BCUT2D eigenvalue weighted by atomic mass is 16.4. The van der Waals surface area contributed by atoms with E-state index in [0.717, 1.165) is 5.69 Å². The molecule has 0 radical (unpaired) electrons. The topological polar surface area (TPSA) is 40.3 Å². The van der Waals surface area contributed by atoms with Crippen molar-refractivity contribution in [2.24, 2.45) is 0 Å². The summed E-state index contributed by atoms with van der Waals surface area (Å²) in [5.41, 5.74) is 0.808. The van der Waals surface area contributed by atoms with E-state index in [4.69, 9.17) is 0 Å². The van der Waals surface area contributed by atoms with Gasteiger partial charge in [0, 0.05) is 11.2 Å². The SMILES string of the molecule is [O-][N+]#CCc1ccccn1. The lowest BCUT2D eigenvalue weighted by Crippen LogP contribution is -1.83. The fraction of sp³-hybridized carbons (Fsp3) is 0.143. The molecule has 1 aromatic rings. The Balaban J connectivity index is 2.64. The summed E-state index contributed by atoms with van der Waals surface area (Å²) in [5.74, 6) is 0. The van der Waals surface area contributed by atoms with E-state index in [1.165, 1.54) is 0 Å². The summed E-state index contributed by atoms with van der Waals surface area (Å²) in [6.07, 6.45) is 2.06. The Morgan fingerprint density at radius 2 is 2.50 bits per heavy atom. The number of hydrogen-bond acceptors (Lipinski definition) is 2. The maximum atomic E-state index is 9.59. The molecule has 0 saturated heterocycles. The maximum absolute atomic E-state index is 9.59. The van der Waals surface area contributed by atoms with Crippen LogP contribution in [0.2, 0.25) is 0 Å². The molecule has 0 aliphatic carbocycles. The third kappa shape index (κ3) is 1.75. The molecule has 0 aliphatic rings. The standard InChI is InChI=1S/C7H6N2O/c10-9-6-4-7-3-1-2-5-8-7/h1-3,5H,4H2. The molecule has 0 spiro atoms. The zero-order valence-corrected chi connectivity index (χ0v) is 5.32. The van der Waals surface area contributed by atoms with Crippen LogP contribution in [0.3, 0.4) is 0 Å². The van der Waals surface area contributed by atoms with E-state index >= 15 is 0 Å². The highest BCUT2D eigenvalue weighted by molar-refractivity contribution is 5.09. The van der Waals surface area contributed by atoms with E-state index in [1.54, 1.807) is 6.20 Å². The quantitative estimate of drug-likeness (QED) is 0.545. The summed E-state index contributed by atoms with van der Waals surface area (Å²) in [7, 11) is 0. The Bertz CT molecular complexity index is 247. The van der Waals surface area contributed by atoms with Gasteiger partial charge in [0.25, 0.3) is 0 Å². The van der Waals surface area contributed by atoms with E-state index in [2.05, 4.69) is 16.1 Å². The lowest BCUT2D eigenvalue weighted by Gasteiger charge is -1.85. The molecule has 3 nitrogen and oxygen atoms in total. The van der Waals surface area contributed by atoms with Crippen LogP contribution in [0.25, 0.3) is 5.01 Å². The zero-order chi connectivity index (χ0) is 7.23. The molecule has 1 heterocycles. The number of hydrogen-bond donors (Lipinski definition) is 0. The Morgan fingerprint density at radius 1 is 1.60 bits per heavy atom. The van der Waals surface area contributed by atoms with Crippen LogP contribution in [0.5, 0.6) is 0 Å². The number of pyridine rings is 1. The van der Waals surface area contributed by atoms with Crippen LogP contribution in [0.4, 0.5) is 0 Å². The molecule has 50 valence electrons. The van der Waals surface area contributed by atoms with Crippen LogP contribution in [0, 0.1) is 11.3 Å². The van der Waals surface area contributed by atoms with Crippen molar-refractivity contribution in [2.45, 2.75) is 6.42 Å². The lowest BCUT2D eigenvalue weighted by molar-refractivity contribution is 1.13. The molecule has 10 heavy (non-hydrogen) atoms. The predicted molar refractivity (Wildman–Crippen MR) is 38.6 cm³/mol. The summed E-state index contributed by atoms with van der Waals surface area (Å²) < 4.78 is 0. The monoisotopic (exact) mass is 134 g/mol. The first-order valence-electron chi connectivity index (χ1n) is 2.88. The van der Waals surface area contributed by atoms with Gasteiger partial charge < -0.3 is 5.21 Å². The average Bonchev–Trinajstić information content (AvgIpc) is 2.03. The van der Waals surface area contributed by atoms with Crippen LogP contribution in [0.1, 0.15) is 5.69 Å². The van der Waals surface area contributed by atoms with E-state index < -0.39 is 0 Å². The van der Waals surface area contributed by atoms with Crippen molar-refractivity contribution in [1.82, 2.24) is 4.98 Å². The summed E-state index contributed by atoms with van der Waals surface area (Å²) >= 11 is 0. The minimum atomic E-state index is 0.393. The predicted octanol–water partition coefficient (Wildman–Crippen LogP) is 1.45. The van der Waals surface area contributed by atoms with Gasteiger partial charge in [0.1, 0.15) is 6.42 Å². The van der Waals surface area contributed by atoms with Crippen molar-refractivity contribution in [2.75, 3.05) is 0 Å². The van der Waals surface area contributed by atoms with Crippen LogP contribution in [-0.4, -0.2) is 4.98 Å².